The lowest BCUT2D eigenvalue weighted by molar-refractivity contribution is -0.317. The Kier molecular flexibility index (Phi) is 9.15. The summed E-state index contributed by atoms with van der Waals surface area (Å²) in [5.74, 6) is -2.01. The third-order valence-corrected chi connectivity index (χ3v) is 4.88. The largest absolute Gasteiger partial charge is 0.456 e. The predicted molar refractivity (Wildman–Crippen MR) is 99.4 cm³/mol. The lowest BCUT2D eigenvalue weighted by Crippen LogP contribution is -2.62. The zero-order valence-corrected chi connectivity index (χ0v) is 18.3. The maximum atomic E-state index is 11.8. The summed E-state index contributed by atoms with van der Waals surface area (Å²) in [7, 11) is 2.83. The van der Waals surface area contributed by atoms with Gasteiger partial charge < -0.3 is 43.0 Å². The van der Waals surface area contributed by atoms with E-state index in [9.17, 15) is 19.5 Å². The van der Waals surface area contributed by atoms with E-state index in [1.165, 1.54) is 28.1 Å². The van der Waals surface area contributed by atoms with Crippen LogP contribution in [0.4, 0.5) is 0 Å². The van der Waals surface area contributed by atoms with Crippen LogP contribution in [0.1, 0.15) is 27.7 Å². The van der Waals surface area contributed by atoms with Crippen LogP contribution < -0.4 is 0 Å². The molecule has 0 aromatic rings. The van der Waals surface area contributed by atoms with Crippen molar-refractivity contribution in [2.24, 2.45) is 0 Å². The Morgan fingerprint density at radius 3 is 1.77 bits per heavy atom. The summed E-state index contributed by atoms with van der Waals surface area (Å²) in [4.78, 5) is 35.1. The predicted octanol–water partition coefficient (Wildman–Crippen LogP) is -0.710. The highest BCUT2D eigenvalue weighted by Gasteiger charge is 2.54. The molecule has 2 aliphatic rings. The van der Waals surface area contributed by atoms with E-state index in [-0.39, 0.29) is 0 Å². The molecule has 0 bridgehead atoms. The summed E-state index contributed by atoms with van der Waals surface area (Å²) in [6.07, 6.45) is -8.85. The fourth-order valence-electron chi connectivity index (χ4n) is 3.67. The zero-order valence-electron chi connectivity index (χ0n) is 18.3. The van der Waals surface area contributed by atoms with E-state index in [0.717, 1.165) is 6.92 Å². The molecule has 2 saturated heterocycles. The van der Waals surface area contributed by atoms with Crippen molar-refractivity contribution in [2.75, 3.05) is 20.8 Å². The van der Waals surface area contributed by atoms with Crippen LogP contribution in [0, 0.1) is 0 Å². The van der Waals surface area contributed by atoms with Gasteiger partial charge in [0, 0.05) is 35.0 Å². The van der Waals surface area contributed by atoms with Gasteiger partial charge in [-0.25, -0.2) is 0 Å². The van der Waals surface area contributed by atoms with Gasteiger partial charge in [0.15, 0.2) is 30.9 Å². The second-order valence-electron chi connectivity index (χ2n) is 7.19. The maximum absolute atomic E-state index is 11.8. The van der Waals surface area contributed by atoms with Crippen molar-refractivity contribution in [1.29, 1.82) is 0 Å². The van der Waals surface area contributed by atoms with E-state index in [1.54, 1.807) is 6.92 Å². The number of carbonyl (C=O) groups excluding carboxylic acids is 3. The number of rotatable bonds is 8. The molecular weight excluding hydrogens is 420 g/mol. The van der Waals surface area contributed by atoms with E-state index >= 15 is 0 Å². The standard InChI is InChI=1S/C19H30O12/c1-8-13(27-9(2)21)15(28-10(3)22)17(29-11(4)23)19(26-8)31-14-12(7-20)30-18(25-6)16(14)24-5/h8,12-20H,7H2,1-6H3/t8-,12+,13-,14-,15+,16+,17+,18+,19-/m0/s1. The first kappa shape index (κ1) is 25.4. The number of ether oxygens (including phenoxy) is 8. The molecule has 0 aromatic carbocycles. The summed E-state index contributed by atoms with van der Waals surface area (Å²) in [5.41, 5.74) is 0. The van der Waals surface area contributed by atoms with Crippen molar-refractivity contribution >= 4 is 17.9 Å². The van der Waals surface area contributed by atoms with E-state index < -0.39 is 79.8 Å². The number of hydrogen-bond acceptors (Lipinski definition) is 12. The first-order valence-corrected chi connectivity index (χ1v) is 9.77. The zero-order chi connectivity index (χ0) is 23.3. The Morgan fingerprint density at radius 1 is 0.742 bits per heavy atom. The molecule has 0 aromatic heterocycles. The van der Waals surface area contributed by atoms with Crippen molar-refractivity contribution in [1.82, 2.24) is 0 Å². The van der Waals surface area contributed by atoms with Crippen LogP contribution in [0.25, 0.3) is 0 Å². The molecule has 31 heavy (non-hydrogen) atoms. The summed E-state index contributed by atoms with van der Waals surface area (Å²) in [5, 5.41) is 9.70. The van der Waals surface area contributed by atoms with Crippen LogP contribution in [0.2, 0.25) is 0 Å². The Balaban J connectivity index is 2.36. The van der Waals surface area contributed by atoms with Gasteiger partial charge in [0.25, 0.3) is 0 Å². The van der Waals surface area contributed by atoms with Crippen LogP contribution in [0.15, 0.2) is 0 Å². The third kappa shape index (κ3) is 6.11. The van der Waals surface area contributed by atoms with Crippen LogP contribution in [0.5, 0.6) is 0 Å². The summed E-state index contributed by atoms with van der Waals surface area (Å²) >= 11 is 0. The van der Waals surface area contributed by atoms with Crippen molar-refractivity contribution in [2.45, 2.75) is 83.0 Å². The third-order valence-electron chi connectivity index (χ3n) is 4.88. The number of hydrogen-bond donors (Lipinski definition) is 1. The molecule has 2 heterocycles. The maximum Gasteiger partial charge on any atom is 0.303 e. The monoisotopic (exact) mass is 450 g/mol. The van der Waals surface area contributed by atoms with Crippen LogP contribution in [-0.4, -0.2) is 99.1 Å². The molecule has 12 heteroatoms. The first-order chi connectivity index (χ1) is 14.6. The molecule has 0 radical (unpaired) electrons. The van der Waals surface area contributed by atoms with E-state index in [4.69, 9.17) is 37.9 Å². The molecule has 9 atom stereocenters. The molecule has 0 unspecified atom stereocenters. The lowest BCUT2D eigenvalue weighted by atomic mass is 9.98. The molecule has 0 spiro atoms. The number of esters is 3. The Hall–Kier alpha value is -1.83. The molecule has 0 saturated carbocycles. The van der Waals surface area contributed by atoms with E-state index in [0.29, 0.717) is 0 Å². The summed E-state index contributed by atoms with van der Waals surface area (Å²) in [6, 6.07) is 0. The van der Waals surface area contributed by atoms with Crippen LogP contribution in [-0.2, 0) is 52.3 Å². The number of carbonyl (C=O) groups is 3. The number of aliphatic hydroxyl groups is 1. The van der Waals surface area contributed by atoms with E-state index in [2.05, 4.69) is 0 Å². The van der Waals surface area contributed by atoms with Crippen molar-refractivity contribution in [3.63, 3.8) is 0 Å². The molecular formula is C19H30O12. The fourth-order valence-corrected chi connectivity index (χ4v) is 3.67. The SMILES string of the molecule is CO[C@@H]1O[C@H](CO)[C@H](O[C@@H]2O[C@@H](C)[C@H](OC(C)=O)[C@@H](OC(C)=O)[C@H]2OC(C)=O)[C@H]1OC. The molecule has 1 N–H and O–H groups in total. The van der Waals surface area contributed by atoms with E-state index in [1.807, 2.05) is 0 Å². The minimum atomic E-state index is -1.28. The van der Waals surface area contributed by atoms with Gasteiger partial charge in [-0.15, -0.1) is 0 Å². The van der Waals surface area contributed by atoms with Gasteiger partial charge in [-0.1, -0.05) is 0 Å². The van der Waals surface area contributed by atoms with Gasteiger partial charge >= 0.3 is 17.9 Å². The van der Waals surface area contributed by atoms with Gasteiger partial charge in [0.05, 0.1) is 12.7 Å². The van der Waals surface area contributed by atoms with Crippen LogP contribution >= 0.6 is 0 Å². The Morgan fingerprint density at radius 2 is 1.29 bits per heavy atom. The smallest absolute Gasteiger partial charge is 0.303 e. The lowest BCUT2D eigenvalue weighted by Gasteiger charge is -2.44. The summed E-state index contributed by atoms with van der Waals surface area (Å²) in [6.45, 7) is 4.70. The summed E-state index contributed by atoms with van der Waals surface area (Å²) < 4.78 is 44.0. The van der Waals surface area contributed by atoms with Gasteiger partial charge in [-0.2, -0.15) is 0 Å². The van der Waals surface area contributed by atoms with Gasteiger partial charge in [-0.3, -0.25) is 14.4 Å². The van der Waals surface area contributed by atoms with Crippen molar-refractivity contribution in [3.8, 4) is 0 Å². The highest BCUT2D eigenvalue weighted by molar-refractivity contribution is 5.68. The fraction of sp³-hybridized carbons (Fsp3) is 0.842. The Labute approximate surface area is 179 Å². The first-order valence-electron chi connectivity index (χ1n) is 9.77. The molecule has 2 aliphatic heterocycles. The van der Waals surface area contributed by atoms with Crippen molar-refractivity contribution < 1.29 is 57.4 Å². The topological polar surface area (TPSA) is 145 Å². The quantitative estimate of drug-likeness (QED) is 0.368. The highest BCUT2D eigenvalue weighted by Crippen LogP contribution is 2.34. The molecule has 12 nitrogen and oxygen atoms in total. The molecule has 2 fully saturated rings. The Bertz CT molecular complexity index is 639. The average Bonchev–Trinajstić information content (AvgIpc) is 3.03. The van der Waals surface area contributed by atoms with Gasteiger partial charge in [-0.05, 0) is 6.92 Å². The molecule has 178 valence electrons. The normalized spacial score (nSPS) is 37.8. The second kappa shape index (κ2) is 11.2. The number of aliphatic hydroxyl groups excluding tert-OH is 1. The molecule has 0 amide bonds. The average molecular weight is 450 g/mol. The van der Waals surface area contributed by atoms with Crippen molar-refractivity contribution in [3.05, 3.63) is 0 Å². The minimum absolute atomic E-state index is 0.408. The number of methoxy groups -OCH3 is 2. The molecule has 2 rings (SSSR count). The molecule has 0 aliphatic carbocycles. The second-order valence-corrected chi connectivity index (χ2v) is 7.19. The van der Waals surface area contributed by atoms with Gasteiger partial charge in [0.2, 0.25) is 0 Å². The highest BCUT2D eigenvalue weighted by atomic mass is 16.8. The minimum Gasteiger partial charge on any atom is -0.456 e. The van der Waals surface area contributed by atoms with Crippen LogP contribution in [0.3, 0.4) is 0 Å². The van der Waals surface area contributed by atoms with Gasteiger partial charge in [0.1, 0.15) is 18.3 Å².